The molecule has 1 aliphatic heterocycles. The third-order valence-corrected chi connectivity index (χ3v) is 3.97. The van der Waals surface area contributed by atoms with Gasteiger partial charge in [-0.2, -0.15) is 0 Å². The highest BCUT2D eigenvalue weighted by atomic mass is 14.9. The summed E-state index contributed by atoms with van der Waals surface area (Å²) in [7, 11) is 0. The summed E-state index contributed by atoms with van der Waals surface area (Å²) >= 11 is 0. The van der Waals surface area contributed by atoms with Crippen LogP contribution in [0.3, 0.4) is 0 Å². The molecule has 2 heteroatoms. The Morgan fingerprint density at radius 2 is 2.12 bits per heavy atom. The first kappa shape index (κ1) is 14.0. The van der Waals surface area contributed by atoms with Crippen LogP contribution in [-0.4, -0.2) is 26.2 Å². The van der Waals surface area contributed by atoms with Crippen molar-refractivity contribution >= 4 is 0 Å². The number of nitrogens with one attached hydrogen (secondary N) is 2. The van der Waals surface area contributed by atoms with E-state index in [2.05, 4.69) is 31.4 Å². The molecule has 2 unspecified atom stereocenters. The highest BCUT2D eigenvalue weighted by Gasteiger charge is 2.12. The smallest absolute Gasteiger partial charge is 0.00205 e. The molecule has 1 aliphatic rings. The first-order valence-electron chi connectivity index (χ1n) is 7.11. The van der Waals surface area contributed by atoms with Gasteiger partial charge in [0.1, 0.15) is 0 Å². The highest BCUT2D eigenvalue weighted by Crippen LogP contribution is 2.15. The van der Waals surface area contributed by atoms with E-state index in [4.69, 9.17) is 0 Å². The minimum Gasteiger partial charge on any atom is -0.316 e. The lowest BCUT2D eigenvalue weighted by atomic mass is 9.94. The fraction of sp³-hybridized carbons (Fsp3) is 1.00. The van der Waals surface area contributed by atoms with Crippen LogP contribution in [0.4, 0.5) is 0 Å². The van der Waals surface area contributed by atoms with Crippen molar-refractivity contribution < 1.29 is 0 Å². The summed E-state index contributed by atoms with van der Waals surface area (Å²) in [6.45, 7) is 11.8. The van der Waals surface area contributed by atoms with Gasteiger partial charge in [0.2, 0.25) is 0 Å². The monoisotopic (exact) mass is 226 g/mol. The first-order chi connectivity index (χ1) is 7.70. The van der Waals surface area contributed by atoms with Gasteiger partial charge >= 0.3 is 0 Å². The fourth-order valence-corrected chi connectivity index (χ4v) is 2.25. The average molecular weight is 226 g/mol. The standard InChI is InChI=1S/C14H30N2/c1-12(2)13(3)10-15-8-4-6-14-7-5-9-16-11-14/h12-16H,4-11H2,1-3H3. The van der Waals surface area contributed by atoms with Gasteiger partial charge in [0.25, 0.3) is 0 Å². The molecule has 96 valence electrons. The van der Waals surface area contributed by atoms with Crippen LogP contribution >= 0.6 is 0 Å². The Morgan fingerprint density at radius 3 is 2.75 bits per heavy atom. The van der Waals surface area contributed by atoms with Crippen LogP contribution in [0.25, 0.3) is 0 Å². The molecule has 1 rings (SSSR count). The second-order valence-corrected chi connectivity index (χ2v) is 5.78. The molecule has 0 amide bonds. The number of hydrogen-bond acceptors (Lipinski definition) is 2. The van der Waals surface area contributed by atoms with Crippen molar-refractivity contribution in [3.63, 3.8) is 0 Å². The molecular formula is C14H30N2. The third kappa shape index (κ3) is 5.86. The molecule has 1 saturated heterocycles. The van der Waals surface area contributed by atoms with Gasteiger partial charge in [-0.05, 0) is 69.6 Å². The predicted molar refractivity (Wildman–Crippen MR) is 71.7 cm³/mol. The van der Waals surface area contributed by atoms with E-state index in [1.807, 2.05) is 0 Å². The quantitative estimate of drug-likeness (QED) is 0.652. The summed E-state index contributed by atoms with van der Waals surface area (Å²) in [6, 6.07) is 0. The Bertz CT molecular complexity index is 162. The van der Waals surface area contributed by atoms with Crippen molar-refractivity contribution in [2.24, 2.45) is 17.8 Å². The molecule has 2 N–H and O–H groups in total. The minimum absolute atomic E-state index is 0.801. The molecule has 1 heterocycles. The van der Waals surface area contributed by atoms with Crippen molar-refractivity contribution in [3.05, 3.63) is 0 Å². The number of piperidine rings is 1. The van der Waals surface area contributed by atoms with E-state index in [1.54, 1.807) is 0 Å². The van der Waals surface area contributed by atoms with E-state index in [0.29, 0.717) is 0 Å². The van der Waals surface area contributed by atoms with Crippen LogP contribution < -0.4 is 10.6 Å². The van der Waals surface area contributed by atoms with E-state index in [1.165, 1.54) is 51.9 Å². The van der Waals surface area contributed by atoms with Crippen molar-refractivity contribution in [2.75, 3.05) is 26.2 Å². The molecule has 0 radical (unpaired) electrons. The van der Waals surface area contributed by atoms with Crippen molar-refractivity contribution in [1.29, 1.82) is 0 Å². The fourth-order valence-electron chi connectivity index (χ4n) is 2.25. The maximum atomic E-state index is 3.59. The molecule has 0 saturated carbocycles. The van der Waals surface area contributed by atoms with E-state index < -0.39 is 0 Å². The van der Waals surface area contributed by atoms with Crippen molar-refractivity contribution in [2.45, 2.75) is 46.5 Å². The highest BCUT2D eigenvalue weighted by molar-refractivity contribution is 4.69. The first-order valence-corrected chi connectivity index (χ1v) is 7.11. The summed E-state index contributed by atoms with van der Waals surface area (Å²) in [5.41, 5.74) is 0. The molecule has 2 nitrogen and oxygen atoms in total. The third-order valence-electron chi connectivity index (χ3n) is 3.97. The van der Waals surface area contributed by atoms with E-state index in [9.17, 15) is 0 Å². The molecule has 2 atom stereocenters. The molecule has 0 bridgehead atoms. The Morgan fingerprint density at radius 1 is 1.31 bits per heavy atom. The second-order valence-electron chi connectivity index (χ2n) is 5.78. The Kier molecular flexibility index (Phi) is 7.06. The minimum atomic E-state index is 0.801. The van der Waals surface area contributed by atoms with Crippen LogP contribution in [0.1, 0.15) is 46.5 Å². The molecule has 0 aromatic rings. The second kappa shape index (κ2) is 8.08. The van der Waals surface area contributed by atoms with Gasteiger partial charge in [-0.3, -0.25) is 0 Å². The van der Waals surface area contributed by atoms with Gasteiger partial charge in [0.05, 0.1) is 0 Å². The zero-order valence-corrected chi connectivity index (χ0v) is 11.4. The average Bonchev–Trinajstić information content (AvgIpc) is 2.29. The maximum absolute atomic E-state index is 3.59. The Balaban J connectivity index is 1.91. The maximum Gasteiger partial charge on any atom is -0.00205 e. The molecular weight excluding hydrogens is 196 g/mol. The largest absolute Gasteiger partial charge is 0.316 e. The molecule has 16 heavy (non-hydrogen) atoms. The summed E-state index contributed by atoms with van der Waals surface area (Å²) in [6.07, 6.45) is 5.56. The SMILES string of the molecule is CC(C)C(C)CNCCCC1CCCNC1. The number of hydrogen-bond donors (Lipinski definition) is 2. The predicted octanol–water partition coefficient (Wildman–Crippen LogP) is 2.65. The lowest BCUT2D eigenvalue weighted by Gasteiger charge is -2.22. The molecule has 0 aliphatic carbocycles. The van der Waals surface area contributed by atoms with Crippen molar-refractivity contribution in [3.8, 4) is 0 Å². The molecule has 0 spiro atoms. The Labute approximate surface area is 102 Å². The summed E-state index contributed by atoms with van der Waals surface area (Å²) in [5, 5.41) is 7.07. The molecule has 0 aromatic carbocycles. The summed E-state index contributed by atoms with van der Waals surface area (Å²) in [5.74, 6) is 2.55. The van der Waals surface area contributed by atoms with Crippen LogP contribution in [0, 0.1) is 17.8 Å². The summed E-state index contributed by atoms with van der Waals surface area (Å²) in [4.78, 5) is 0. The van der Waals surface area contributed by atoms with Gasteiger partial charge < -0.3 is 10.6 Å². The van der Waals surface area contributed by atoms with Crippen LogP contribution in [0.15, 0.2) is 0 Å². The normalized spacial score (nSPS) is 23.6. The lowest BCUT2D eigenvalue weighted by molar-refractivity contribution is 0.341. The van der Waals surface area contributed by atoms with Gasteiger partial charge in [0.15, 0.2) is 0 Å². The van der Waals surface area contributed by atoms with E-state index in [0.717, 1.165) is 17.8 Å². The zero-order valence-electron chi connectivity index (χ0n) is 11.4. The lowest BCUT2D eigenvalue weighted by Crippen LogP contribution is -2.30. The number of rotatable bonds is 7. The topological polar surface area (TPSA) is 24.1 Å². The zero-order chi connectivity index (χ0) is 11.8. The van der Waals surface area contributed by atoms with Gasteiger partial charge in [-0.25, -0.2) is 0 Å². The van der Waals surface area contributed by atoms with Gasteiger partial charge in [-0.1, -0.05) is 20.8 Å². The molecule has 1 fully saturated rings. The van der Waals surface area contributed by atoms with E-state index >= 15 is 0 Å². The van der Waals surface area contributed by atoms with Gasteiger partial charge in [-0.15, -0.1) is 0 Å². The van der Waals surface area contributed by atoms with Gasteiger partial charge in [0, 0.05) is 0 Å². The van der Waals surface area contributed by atoms with E-state index in [-0.39, 0.29) is 0 Å². The van der Waals surface area contributed by atoms with Crippen LogP contribution in [-0.2, 0) is 0 Å². The Hall–Kier alpha value is -0.0800. The summed E-state index contributed by atoms with van der Waals surface area (Å²) < 4.78 is 0. The van der Waals surface area contributed by atoms with Crippen LogP contribution in [0.2, 0.25) is 0 Å². The van der Waals surface area contributed by atoms with Crippen molar-refractivity contribution in [1.82, 2.24) is 10.6 Å². The molecule has 0 aromatic heterocycles. The van der Waals surface area contributed by atoms with Crippen LogP contribution in [0.5, 0.6) is 0 Å².